The van der Waals surface area contributed by atoms with E-state index in [2.05, 4.69) is 10.4 Å². The summed E-state index contributed by atoms with van der Waals surface area (Å²) in [6, 6.07) is 14.3. The number of anilines is 1. The van der Waals surface area contributed by atoms with Gasteiger partial charge in [-0.05, 0) is 49.2 Å². The molecule has 0 unspecified atom stereocenters. The number of amides is 1. The highest BCUT2D eigenvalue weighted by molar-refractivity contribution is 5.90. The summed E-state index contributed by atoms with van der Waals surface area (Å²) in [5.74, 6) is -0.458. The Morgan fingerprint density at radius 2 is 1.79 bits per heavy atom. The van der Waals surface area contributed by atoms with Crippen LogP contribution >= 0.6 is 0 Å². The minimum atomic E-state index is -0.520. The van der Waals surface area contributed by atoms with Crippen LogP contribution in [0.2, 0.25) is 0 Å². The number of nitrogens with one attached hydrogen (secondary N) is 1. The Hall–Kier alpha value is -3.81. The van der Waals surface area contributed by atoms with E-state index in [1.54, 1.807) is 6.07 Å². The quantitative estimate of drug-likeness (QED) is 0.542. The molecule has 8 nitrogen and oxygen atoms in total. The molecule has 0 bridgehead atoms. The van der Waals surface area contributed by atoms with Crippen LogP contribution in [0, 0.1) is 24.0 Å². The van der Waals surface area contributed by atoms with Crippen molar-refractivity contribution in [2.75, 3.05) is 5.32 Å². The van der Waals surface area contributed by atoms with Crippen LogP contribution in [0.25, 0.3) is 11.3 Å². The van der Waals surface area contributed by atoms with Crippen molar-refractivity contribution in [3.8, 4) is 11.3 Å². The Kier molecular flexibility index (Phi) is 5.30. The van der Waals surface area contributed by atoms with Crippen LogP contribution in [0.3, 0.4) is 0 Å². The topological polar surface area (TPSA) is 107 Å². The van der Waals surface area contributed by atoms with Crippen LogP contribution < -0.4 is 10.9 Å². The fraction of sp³-hybridized carbons (Fsp3) is 0.150. The first-order chi connectivity index (χ1) is 13.3. The van der Waals surface area contributed by atoms with Crippen LogP contribution in [-0.2, 0) is 11.3 Å². The average molecular weight is 378 g/mol. The van der Waals surface area contributed by atoms with Crippen molar-refractivity contribution in [2.24, 2.45) is 0 Å². The van der Waals surface area contributed by atoms with Gasteiger partial charge in [0.25, 0.3) is 11.2 Å². The van der Waals surface area contributed by atoms with Gasteiger partial charge in [-0.15, -0.1) is 0 Å². The van der Waals surface area contributed by atoms with Crippen LogP contribution in [0.5, 0.6) is 0 Å². The molecule has 8 heteroatoms. The number of hydrogen-bond acceptors (Lipinski definition) is 5. The van der Waals surface area contributed by atoms with Crippen molar-refractivity contribution in [3.05, 3.63) is 86.2 Å². The van der Waals surface area contributed by atoms with Gasteiger partial charge in [0.05, 0.1) is 10.6 Å². The lowest BCUT2D eigenvalue weighted by Crippen LogP contribution is -2.29. The number of rotatable bonds is 5. The largest absolute Gasteiger partial charge is 0.324 e. The van der Waals surface area contributed by atoms with Gasteiger partial charge in [0.15, 0.2) is 0 Å². The van der Waals surface area contributed by atoms with Crippen molar-refractivity contribution < 1.29 is 9.72 Å². The lowest BCUT2D eigenvalue weighted by Gasteiger charge is -2.09. The van der Waals surface area contributed by atoms with Crippen LogP contribution in [0.4, 0.5) is 11.4 Å². The maximum absolute atomic E-state index is 12.3. The van der Waals surface area contributed by atoms with E-state index in [0.29, 0.717) is 11.4 Å². The third-order valence-electron chi connectivity index (χ3n) is 4.32. The van der Waals surface area contributed by atoms with Crippen molar-refractivity contribution >= 4 is 17.3 Å². The van der Waals surface area contributed by atoms with E-state index in [9.17, 15) is 19.7 Å². The van der Waals surface area contributed by atoms with Gasteiger partial charge in [0.2, 0.25) is 5.91 Å². The normalized spacial score (nSPS) is 10.5. The van der Waals surface area contributed by atoms with E-state index < -0.39 is 16.4 Å². The Bertz CT molecular complexity index is 1100. The predicted octanol–water partition coefficient (Wildman–Crippen LogP) is 3.07. The highest BCUT2D eigenvalue weighted by atomic mass is 16.6. The van der Waals surface area contributed by atoms with Gasteiger partial charge in [0, 0.05) is 29.4 Å². The molecule has 0 spiro atoms. The molecule has 1 heterocycles. The number of nitrogens with zero attached hydrogens (tertiary/aromatic N) is 3. The van der Waals surface area contributed by atoms with Gasteiger partial charge >= 0.3 is 0 Å². The van der Waals surface area contributed by atoms with Crippen LogP contribution in [0.1, 0.15) is 11.1 Å². The molecule has 0 atom stereocenters. The molecule has 1 aromatic heterocycles. The van der Waals surface area contributed by atoms with E-state index in [4.69, 9.17) is 0 Å². The number of hydrogen-bond donors (Lipinski definition) is 1. The monoisotopic (exact) mass is 378 g/mol. The van der Waals surface area contributed by atoms with Crippen molar-refractivity contribution in [1.29, 1.82) is 0 Å². The summed E-state index contributed by atoms with van der Waals surface area (Å²) in [5, 5.41) is 17.6. The maximum Gasteiger partial charge on any atom is 0.269 e. The zero-order chi connectivity index (χ0) is 20.3. The smallest absolute Gasteiger partial charge is 0.269 e. The first kappa shape index (κ1) is 19.0. The number of aryl methyl sites for hydroxylation is 2. The van der Waals surface area contributed by atoms with Gasteiger partial charge in [-0.2, -0.15) is 5.10 Å². The highest BCUT2D eigenvalue weighted by Gasteiger charge is 2.10. The van der Waals surface area contributed by atoms with E-state index in [1.165, 1.54) is 30.3 Å². The number of aromatic nitrogens is 2. The van der Waals surface area contributed by atoms with Crippen molar-refractivity contribution in [2.45, 2.75) is 20.4 Å². The third kappa shape index (κ3) is 4.29. The molecule has 0 aliphatic rings. The van der Waals surface area contributed by atoms with Crippen LogP contribution in [0.15, 0.2) is 59.4 Å². The number of carbonyl (C=O) groups is 1. The zero-order valence-corrected chi connectivity index (χ0v) is 15.4. The summed E-state index contributed by atoms with van der Waals surface area (Å²) in [4.78, 5) is 34.5. The molecule has 0 aliphatic carbocycles. The second-order valence-corrected chi connectivity index (χ2v) is 6.37. The number of carbonyl (C=O) groups excluding carboxylic acids is 1. The summed E-state index contributed by atoms with van der Waals surface area (Å²) in [7, 11) is 0. The molecule has 3 aromatic rings. The Morgan fingerprint density at radius 1 is 1.07 bits per heavy atom. The second kappa shape index (κ2) is 7.83. The van der Waals surface area contributed by atoms with E-state index >= 15 is 0 Å². The average Bonchev–Trinajstić information content (AvgIpc) is 2.66. The minimum absolute atomic E-state index is 0.0722. The Balaban J connectivity index is 1.77. The maximum atomic E-state index is 12.3. The van der Waals surface area contributed by atoms with E-state index in [-0.39, 0.29) is 12.2 Å². The molecule has 142 valence electrons. The van der Waals surface area contributed by atoms with E-state index in [0.717, 1.165) is 21.4 Å². The lowest BCUT2D eigenvalue weighted by atomic mass is 10.0. The molecule has 28 heavy (non-hydrogen) atoms. The summed E-state index contributed by atoms with van der Waals surface area (Å²) in [5.41, 5.74) is 3.63. The summed E-state index contributed by atoms with van der Waals surface area (Å²) in [6.45, 7) is 3.73. The molecular weight excluding hydrogens is 360 g/mol. The van der Waals surface area contributed by atoms with Gasteiger partial charge in [-0.25, -0.2) is 4.68 Å². The summed E-state index contributed by atoms with van der Waals surface area (Å²) >= 11 is 0. The molecular formula is C20H18N4O4. The number of benzene rings is 2. The minimum Gasteiger partial charge on any atom is -0.324 e. The number of nitro benzene ring substituents is 1. The van der Waals surface area contributed by atoms with Crippen LogP contribution in [-0.4, -0.2) is 20.6 Å². The Morgan fingerprint density at radius 3 is 2.43 bits per heavy atom. The fourth-order valence-corrected chi connectivity index (χ4v) is 2.62. The molecule has 2 aromatic carbocycles. The molecule has 0 saturated carbocycles. The first-order valence-corrected chi connectivity index (χ1v) is 8.53. The third-order valence-corrected chi connectivity index (χ3v) is 4.32. The molecule has 3 rings (SSSR count). The van der Waals surface area contributed by atoms with Gasteiger partial charge in [-0.1, -0.05) is 12.1 Å². The molecule has 0 radical (unpaired) electrons. The van der Waals surface area contributed by atoms with Crippen molar-refractivity contribution in [1.82, 2.24) is 9.78 Å². The SMILES string of the molecule is Cc1ccc(-c2ccc(=O)n(CC(=O)Nc3ccc([N+](=O)[O-])cc3)n2)cc1C. The zero-order valence-electron chi connectivity index (χ0n) is 15.4. The Labute approximate surface area is 160 Å². The first-order valence-electron chi connectivity index (χ1n) is 8.53. The summed E-state index contributed by atoms with van der Waals surface area (Å²) < 4.78 is 1.09. The molecule has 0 fully saturated rings. The molecule has 1 N–H and O–H groups in total. The predicted molar refractivity (Wildman–Crippen MR) is 105 cm³/mol. The standard InChI is InChI=1S/C20H18N4O4/c1-13-3-4-15(11-14(13)2)18-9-10-20(26)23(22-18)12-19(25)21-16-5-7-17(8-6-16)24(27)28/h3-11H,12H2,1-2H3,(H,21,25). The number of nitro groups is 1. The highest BCUT2D eigenvalue weighted by Crippen LogP contribution is 2.19. The van der Waals surface area contributed by atoms with E-state index in [1.807, 2.05) is 32.0 Å². The fourth-order valence-electron chi connectivity index (χ4n) is 2.62. The van der Waals surface area contributed by atoms with Crippen molar-refractivity contribution in [3.63, 3.8) is 0 Å². The summed E-state index contributed by atoms with van der Waals surface area (Å²) in [6.07, 6.45) is 0. The van der Waals surface area contributed by atoms with Gasteiger partial charge in [-0.3, -0.25) is 19.7 Å². The van der Waals surface area contributed by atoms with Gasteiger partial charge in [0.1, 0.15) is 6.54 Å². The molecule has 1 amide bonds. The van der Waals surface area contributed by atoms with Gasteiger partial charge < -0.3 is 5.32 Å². The lowest BCUT2D eigenvalue weighted by molar-refractivity contribution is -0.384. The molecule has 0 saturated heterocycles. The number of non-ortho nitro benzene ring substituents is 1. The molecule has 0 aliphatic heterocycles. The second-order valence-electron chi connectivity index (χ2n) is 6.37.